The number of nitrogens with one attached hydrogen (secondary N) is 2. The van der Waals surface area contributed by atoms with Crippen LogP contribution in [0.3, 0.4) is 0 Å². The molecule has 1 aromatic carbocycles. The lowest BCUT2D eigenvalue weighted by Crippen LogP contribution is -2.41. The Labute approximate surface area is 121 Å². The summed E-state index contributed by atoms with van der Waals surface area (Å²) in [6, 6.07) is 7.42. The van der Waals surface area contributed by atoms with Crippen molar-refractivity contribution in [3.8, 4) is 0 Å². The van der Waals surface area contributed by atoms with E-state index in [1.807, 2.05) is 31.4 Å². The molecule has 1 aromatic heterocycles. The Balaban J connectivity index is 2.04. The number of hydrazine groups is 1. The van der Waals surface area contributed by atoms with Gasteiger partial charge in [-0.2, -0.15) is 11.8 Å². The monoisotopic (exact) mass is 292 g/mol. The Kier molecular flexibility index (Phi) is 4.68. The van der Waals surface area contributed by atoms with Crippen LogP contribution in [0.4, 0.5) is 0 Å². The van der Waals surface area contributed by atoms with Gasteiger partial charge in [0, 0.05) is 23.1 Å². The highest BCUT2D eigenvalue weighted by Crippen LogP contribution is 2.24. The van der Waals surface area contributed by atoms with Gasteiger partial charge in [0.15, 0.2) is 5.76 Å². The SMILES string of the molecule is CSCCC(=O)NNC(=O)c1oc2ccccc2c1C. The Morgan fingerprint density at radius 2 is 2.00 bits per heavy atom. The lowest BCUT2D eigenvalue weighted by atomic mass is 10.1. The average Bonchev–Trinajstić information content (AvgIpc) is 2.80. The van der Waals surface area contributed by atoms with Crippen molar-refractivity contribution in [2.45, 2.75) is 13.3 Å². The predicted octanol–water partition coefficient (Wildman–Crippen LogP) is 2.26. The van der Waals surface area contributed by atoms with E-state index >= 15 is 0 Å². The van der Waals surface area contributed by atoms with Gasteiger partial charge in [-0.25, -0.2) is 0 Å². The summed E-state index contributed by atoms with van der Waals surface area (Å²) in [4.78, 5) is 23.4. The third-order valence-electron chi connectivity index (χ3n) is 2.90. The van der Waals surface area contributed by atoms with Crippen molar-refractivity contribution in [1.82, 2.24) is 10.9 Å². The summed E-state index contributed by atoms with van der Waals surface area (Å²) in [6.07, 6.45) is 2.28. The van der Waals surface area contributed by atoms with Crippen LogP contribution in [0, 0.1) is 6.92 Å². The lowest BCUT2D eigenvalue weighted by molar-refractivity contribution is -0.121. The molecule has 0 aliphatic heterocycles. The van der Waals surface area contributed by atoms with Gasteiger partial charge in [-0.05, 0) is 19.2 Å². The number of aryl methyl sites for hydroxylation is 1. The fraction of sp³-hybridized carbons (Fsp3) is 0.286. The van der Waals surface area contributed by atoms with Crippen LogP contribution in [0.25, 0.3) is 11.0 Å². The number of hydrogen-bond donors (Lipinski definition) is 2. The number of carbonyl (C=O) groups is 2. The molecule has 0 fully saturated rings. The number of fused-ring (bicyclic) bond motifs is 1. The average molecular weight is 292 g/mol. The first-order valence-electron chi connectivity index (χ1n) is 6.19. The standard InChI is InChI=1S/C14H16N2O3S/c1-9-10-5-3-4-6-11(10)19-13(9)14(18)16-15-12(17)7-8-20-2/h3-6H,7-8H2,1-2H3,(H,15,17)(H,16,18). The zero-order valence-electron chi connectivity index (χ0n) is 11.4. The number of thioether (sulfide) groups is 1. The van der Waals surface area contributed by atoms with Crippen LogP contribution in [0.15, 0.2) is 28.7 Å². The van der Waals surface area contributed by atoms with Crippen LogP contribution in [0.1, 0.15) is 22.5 Å². The van der Waals surface area contributed by atoms with Gasteiger partial charge in [-0.15, -0.1) is 0 Å². The lowest BCUT2D eigenvalue weighted by Gasteiger charge is -2.05. The fourth-order valence-corrected chi connectivity index (χ4v) is 2.22. The summed E-state index contributed by atoms with van der Waals surface area (Å²) < 4.78 is 5.51. The van der Waals surface area contributed by atoms with Crippen molar-refractivity contribution in [3.05, 3.63) is 35.6 Å². The molecule has 2 aromatic rings. The molecule has 0 saturated carbocycles. The first-order valence-corrected chi connectivity index (χ1v) is 7.59. The molecule has 20 heavy (non-hydrogen) atoms. The molecule has 1 heterocycles. The molecular formula is C14H16N2O3S. The van der Waals surface area contributed by atoms with Gasteiger partial charge >= 0.3 is 5.91 Å². The molecular weight excluding hydrogens is 276 g/mol. The van der Waals surface area contributed by atoms with E-state index in [-0.39, 0.29) is 11.7 Å². The highest BCUT2D eigenvalue weighted by molar-refractivity contribution is 7.98. The van der Waals surface area contributed by atoms with Crippen LogP contribution < -0.4 is 10.9 Å². The Morgan fingerprint density at radius 3 is 2.70 bits per heavy atom. The first kappa shape index (κ1) is 14.5. The zero-order valence-corrected chi connectivity index (χ0v) is 12.2. The van der Waals surface area contributed by atoms with E-state index in [1.54, 1.807) is 17.8 Å². The number of carbonyl (C=O) groups excluding carboxylic acids is 2. The quantitative estimate of drug-likeness (QED) is 0.848. The van der Waals surface area contributed by atoms with Crippen LogP contribution in [0.5, 0.6) is 0 Å². The number of hydrogen-bond acceptors (Lipinski definition) is 4. The molecule has 5 nitrogen and oxygen atoms in total. The van der Waals surface area contributed by atoms with Crippen LogP contribution in [0.2, 0.25) is 0 Å². The molecule has 6 heteroatoms. The van der Waals surface area contributed by atoms with E-state index in [0.29, 0.717) is 17.8 Å². The largest absolute Gasteiger partial charge is 0.451 e. The van der Waals surface area contributed by atoms with Crippen LogP contribution in [-0.2, 0) is 4.79 Å². The minimum Gasteiger partial charge on any atom is -0.451 e. The Morgan fingerprint density at radius 1 is 1.25 bits per heavy atom. The summed E-state index contributed by atoms with van der Waals surface area (Å²) in [7, 11) is 0. The minimum absolute atomic E-state index is 0.219. The van der Waals surface area contributed by atoms with E-state index in [9.17, 15) is 9.59 Å². The molecule has 0 bridgehead atoms. The maximum Gasteiger partial charge on any atom is 0.305 e. The molecule has 2 rings (SSSR count). The Hall–Kier alpha value is -1.95. The molecule has 0 atom stereocenters. The van der Waals surface area contributed by atoms with E-state index in [4.69, 9.17) is 4.42 Å². The smallest absolute Gasteiger partial charge is 0.305 e. The van der Waals surface area contributed by atoms with Crippen molar-refractivity contribution in [3.63, 3.8) is 0 Å². The maximum absolute atomic E-state index is 12.0. The fourth-order valence-electron chi connectivity index (χ4n) is 1.83. The van der Waals surface area contributed by atoms with E-state index in [0.717, 1.165) is 10.9 Å². The van der Waals surface area contributed by atoms with Gasteiger partial charge in [0.25, 0.3) is 0 Å². The second kappa shape index (κ2) is 6.47. The van der Waals surface area contributed by atoms with Gasteiger partial charge < -0.3 is 4.42 Å². The van der Waals surface area contributed by atoms with Gasteiger partial charge in [0.05, 0.1) is 0 Å². The van der Waals surface area contributed by atoms with Gasteiger partial charge in [0.1, 0.15) is 5.58 Å². The molecule has 2 amide bonds. The summed E-state index contributed by atoms with van der Waals surface area (Å²) in [6.45, 7) is 1.82. The van der Waals surface area contributed by atoms with Crippen molar-refractivity contribution < 1.29 is 14.0 Å². The van der Waals surface area contributed by atoms with Crippen molar-refractivity contribution >= 4 is 34.5 Å². The minimum atomic E-state index is -0.448. The summed E-state index contributed by atoms with van der Waals surface area (Å²) in [5.74, 6) is 0.264. The topological polar surface area (TPSA) is 71.3 Å². The zero-order chi connectivity index (χ0) is 14.5. The predicted molar refractivity (Wildman–Crippen MR) is 79.6 cm³/mol. The molecule has 0 saturated heterocycles. The molecule has 0 radical (unpaired) electrons. The molecule has 2 N–H and O–H groups in total. The molecule has 0 aliphatic carbocycles. The number of benzene rings is 1. The highest BCUT2D eigenvalue weighted by atomic mass is 32.2. The number of amides is 2. The number of para-hydroxylation sites is 1. The third-order valence-corrected chi connectivity index (χ3v) is 3.51. The number of rotatable bonds is 4. The third kappa shape index (κ3) is 3.14. The van der Waals surface area contributed by atoms with Crippen molar-refractivity contribution in [1.29, 1.82) is 0 Å². The van der Waals surface area contributed by atoms with E-state index in [2.05, 4.69) is 10.9 Å². The van der Waals surface area contributed by atoms with Crippen LogP contribution >= 0.6 is 11.8 Å². The summed E-state index contributed by atoms with van der Waals surface area (Å²) in [5, 5.41) is 0.895. The van der Waals surface area contributed by atoms with Gasteiger partial charge in [-0.3, -0.25) is 20.4 Å². The normalized spacial score (nSPS) is 10.5. The second-order valence-electron chi connectivity index (χ2n) is 4.30. The van der Waals surface area contributed by atoms with Crippen LogP contribution in [-0.4, -0.2) is 23.8 Å². The molecule has 0 aliphatic rings. The van der Waals surface area contributed by atoms with Crippen molar-refractivity contribution in [2.24, 2.45) is 0 Å². The first-order chi connectivity index (χ1) is 9.63. The van der Waals surface area contributed by atoms with Gasteiger partial charge in [0.2, 0.25) is 5.91 Å². The molecule has 0 spiro atoms. The van der Waals surface area contributed by atoms with E-state index in [1.165, 1.54) is 0 Å². The van der Waals surface area contributed by atoms with Crippen molar-refractivity contribution in [2.75, 3.05) is 12.0 Å². The highest BCUT2D eigenvalue weighted by Gasteiger charge is 2.17. The molecule has 0 unspecified atom stereocenters. The number of furan rings is 1. The Bertz CT molecular complexity index is 636. The van der Waals surface area contributed by atoms with E-state index < -0.39 is 5.91 Å². The summed E-state index contributed by atoms with van der Waals surface area (Å²) >= 11 is 1.57. The van der Waals surface area contributed by atoms with Gasteiger partial charge in [-0.1, -0.05) is 18.2 Å². The molecule has 106 valence electrons. The maximum atomic E-state index is 12.0. The summed E-state index contributed by atoms with van der Waals surface area (Å²) in [5.41, 5.74) is 6.16. The second-order valence-corrected chi connectivity index (χ2v) is 5.28.